The van der Waals surface area contributed by atoms with Gasteiger partial charge in [0, 0.05) is 11.9 Å². The van der Waals surface area contributed by atoms with Crippen LogP contribution in [-0.4, -0.2) is 25.6 Å². The molecule has 1 unspecified atom stereocenters. The molecule has 0 saturated heterocycles. The van der Waals surface area contributed by atoms with E-state index in [4.69, 9.17) is 0 Å². The van der Waals surface area contributed by atoms with Crippen molar-refractivity contribution in [3.8, 4) is 0 Å². The average Bonchev–Trinajstić information content (AvgIpc) is 2.99. The molecule has 0 aliphatic carbocycles. The highest BCUT2D eigenvalue weighted by Gasteiger charge is 2.09. The highest BCUT2D eigenvalue weighted by molar-refractivity contribution is 5.78. The molecule has 1 aromatic carbocycles. The second kappa shape index (κ2) is 5.11. The molecular formula is C13H14N6. The summed E-state index contributed by atoms with van der Waals surface area (Å²) >= 11 is 0. The summed E-state index contributed by atoms with van der Waals surface area (Å²) in [7, 11) is 0. The Morgan fingerprint density at radius 3 is 2.95 bits per heavy atom. The van der Waals surface area contributed by atoms with Crippen LogP contribution in [0.3, 0.4) is 0 Å². The van der Waals surface area contributed by atoms with E-state index in [-0.39, 0.29) is 6.04 Å². The molecule has 0 saturated carbocycles. The van der Waals surface area contributed by atoms with Crippen LogP contribution in [0.1, 0.15) is 24.5 Å². The van der Waals surface area contributed by atoms with Gasteiger partial charge in [0.2, 0.25) is 0 Å². The van der Waals surface area contributed by atoms with Gasteiger partial charge in [-0.2, -0.15) is 5.21 Å². The molecule has 2 aromatic heterocycles. The number of H-pyrrole nitrogens is 1. The number of rotatable bonds is 4. The molecule has 0 bridgehead atoms. The summed E-state index contributed by atoms with van der Waals surface area (Å²) in [4.78, 5) is 4.60. The summed E-state index contributed by atoms with van der Waals surface area (Å²) < 4.78 is 0. The van der Waals surface area contributed by atoms with Gasteiger partial charge in [-0.1, -0.05) is 29.5 Å². The van der Waals surface area contributed by atoms with Gasteiger partial charge in [0.15, 0.2) is 5.82 Å². The summed E-state index contributed by atoms with van der Waals surface area (Å²) in [6.45, 7) is 2.66. The summed E-state index contributed by atoms with van der Waals surface area (Å²) in [6, 6.07) is 12.2. The number of nitrogens with one attached hydrogen (secondary N) is 2. The number of pyridine rings is 1. The zero-order chi connectivity index (χ0) is 13.1. The number of fused-ring (bicyclic) bond motifs is 1. The molecule has 6 heteroatoms. The molecule has 0 aliphatic rings. The number of nitrogens with zero attached hydrogens (tertiary/aromatic N) is 4. The van der Waals surface area contributed by atoms with E-state index in [1.807, 2.05) is 31.2 Å². The minimum Gasteiger partial charge on any atom is -0.302 e. The summed E-state index contributed by atoms with van der Waals surface area (Å²) in [5.74, 6) is 0.654. The van der Waals surface area contributed by atoms with Crippen LogP contribution in [0.15, 0.2) is 36.4 Å². The van der Waals surface area contributed by atoms with Gasteiger partial charge >= 0.3 is 0 Å². The molecule has 0 spiro atoms. The fourth-order valence-corrected chi connectivity index (χ4v) is 1.91. The van der Waals surface area contributed by atoms with E-state index in [2.05, 4.69) is 43.1 Å². The third-order valence-corrected chi connectivity index (χ3v) is 2.99. The first-order chi connectivity index (χ1) is 9.33. The van der Waals surface area contributed by atoms with Crippen LogP contribution in [0.4, 0.5) is 0 Å². The molecule has 2 N–H and O–H groups in total. The molecular weight excluding hydrogens is 240 g/mol. The molecule has 0 amide bonds. The van der Waals surface area contributed by atoms with Gasteiger partial charge in [-0.05, 0) is 19.1 Å². The maximum absolute atomic E-state index is 4.60. The lowest BCUT2D eigenvalue weighted by atomic mass is 10.2. The minimum absolute atomic E-state index is 0.0343. The van der Waals surface area contributed by atoms with Crippen LogP contribution >= 0.6 is 0 Å². The second-order valence-electron chi connectivity index (χ2n) is 4.37. The van der Waals surface area contributed by atoms with Crippen molar-refractivity contribution in [2.75, 3.05) is 0 Å². The zero-order valence-electron chi connectivity index (χ0n) is 10.5. The fourth-order valence-electron chi connectivity index (χ4n) is 1.91. The Balaban J connectivity index is 1.71. The van der Waals surface area contributed by atoms with E-state index in [9.17, 15) is 0 Å². The van der Waals surface area contributed by atoms with Crippen molar-refractivity contribution in [2.45, 2.75) is 19.5 Å². The molecule has 2 heterocycles. The van der Waals surface area contributed by atoms with Crippen LogP contribution in [0.2, 0.25) is 0 Å². The number of para-hydroxylation sites is 1. The first-order valence-corrected chi connectivity index (χ1v) is 6.14. The predicted molar refractivity (Wildman–Crippen MR) is 71.2 cm³/mol. The quantitative estimate of drug-likeness (QED) is 0.739. The topological polar surface area (TPSA) is 79.4 Å². The van der Waals surface area contributed by atoms with Gasteiger partial charge in [-0.3, -0.25) is 4.98 Å². The zero-order valence-corrected chi connectivity index (χ0v) is 10.5. The normalized spacial score (nSPS) is 12.7. The van der Waals surface area contributed by atoms with E-state index in [0.29, 0.717) is 12.4 Å². The van der Waals surface area contributed by atoms with Gasteiger partial charge in [0.25, 0.3) is 0 Å². The Morgan fingerprint density at radius 1 is 1.21 bits per heavy atom. The molecule has 3 rings (SSSR count). The van der Waals surface area contributed by atoms with E-state index in [1.165, 1.54) is 0 Å². The molecule has 96 valence electrons. The number of hydrogen-bond donors (Lipinski definition) is 2. The van der Waals surface area contributed by atoms with Crippen LogP contribution in [-0.2, 0) is 6.54 Å². The van der Waals surface area contributed by atoms with Crippen molar-refractivity contribution in [1.29, 1.82) is 0 Å². The van der Waals surface area contributed by atoms with Crippen molar-refractivity contribution in [3.63, 3.8) is 0 Å². The van der Waals surface area contributed by atoms with Crippen molar-refractivity contribution in [2.24, 2.45) is 0 Å². The van der Waals surface area contributed by atoms with Crippen LogP contribution in [0, 0.1) is 0 Å². The molecule has 3 aromatic rings. The molecule has 0 aliphatic heterocycles. The van der Waals surface area contributed by atoms with Crippen molar-refractivity contribution < 1.29 is 0 Å². The minimum atomic E-state index is 0.0343. The first-order valence-electron chi connectivity index (χ1n) is 6.14. The maximum atomic E-state index is 4.60. The number of aromatic nitrogens is 5. The third kappa shape index (κ3) is 2.58. The highest BCUT2D eigenvalue weighted by atomic mass is 15.5. The maximum Gasteiger partial charge on any atom is 0.191 e. The summed E-state index contributed by atoms with van der Waals surface area (Å²) in [5, 5.41) is 18.4. The number of hydrogen-bond acceptors (Lipinski definition) is 5. The molecule has 6 nitrogen and oxygen atoms in total. The van der Waals surface area contributed by atoms with Crippen molar-refractivity contribution >= 4 is 10.9 Å². The Bertz CT molecular complexity index is 664. The Kier molecular flexibility index (Phi) is 3.16. The largest absolute Gasteiger partial charge is 0.302 e. The van der Waals surface area contributed by atoms with Crippen LogP contribution in [0.5, 0.6) is 0 Å². The van der Waals surface area contributed by atoms with Crippen molar-refractivity contribution in [1.82, 2.24) is 30.9 Å². The molecule has 0 fully saturated rings. The summed E-state index contributed by atoms with van der Waals surface area (Å²) in [6.07, 6.45) is 0. The SMILES string of the molecule is CC(NCc1ccc2ccccc2n1)c1nn[nH]n1. The van der Waals surface area contributed by atoms with Gasteiger partial charge in [0.05, 0.1) is 17.3 Å². The van der Waals surface area contributed by atoms with E-state index >= 15 is 0 Å². The van der Waals surface area contributed by atoms with Crippen molar-refractivity contribution in [3.05, 3.63) is 47.9 Å². The number of tetrazole rings is 1. The molecule has 0 radical (unpaired) electrons. The smallest absolute Gasteiger partial charge is 0.191 e. The first kappa shape index (κ1) is 11.7. The highest BCUT2D eigenvalue weighted by Crippen LogP contribution is 2.12. The monoisotopic (exact) mass is 254 g/mol. The second-order valence-corrected chi connectivity index (χ2v) is 4.37. The lowest BCUT2D eigenvalue weighted by Crippen LogP contribution is -2.19. The summed E-state index contributed by atoms with van der Waals surface area (Å²) in [5.41, 5.74) is 2.00. The average molecular weight is 254 g/mol. The van der Waals surface area contributed by atoms with Gasteiger partial charge < -0.3 is 5.32 Å². The Labute approximate surface area is 110 Å². The molecule has 19 heavy (non-hydrogen) atoms. The van der Waals surface area contributed by atoms with E-state index in [0.717, 1.165) is 16.6 Å². The van der Waals surface area contributed by atoms with E-state index in [1.54, 1.807) is 0 Å². The predicted octanol–water partition coefficient (Wildman–Crippen LogP) is 1.60. The lowest BCUT2D eigenvalue weighted by molar-refractivity contribution is 0.542. The standard InChI is InChI=1S/C13H14N6/c1-9(13-16-18-19-17-13)14-8-11-7-6-10-4-2-3-5-12(10)15-11/h2-7,9,14H,8H2,1H3,(H,16,17,18,19). The van der Waals surface area contributed by atoms with Gasteiger partial charge in [-0.15, -0.1) is 10.2 Å². The number of benzene rings is 1. The number of aromatic amines is 1. The third-order valence-electron chi connectivity index (χ3n) is 2.99. The fraction of sp³-hybridized carbons (Fsp3) is 0.231. The Hall–Kier alpha value is -2.34. The molecule has 1 atom stereocenters. The van der Waals surface area contributed by atoms with Gasteiger partial charge in [-0.25, -0.2) is 0 Å². The van der Waals surface area contributed by atoms with Crippen LogP contribution in [0.25, 0.3) is 10.9 Å². The van der Waals surface area contributed by atoms with Gasteiger partial charge in [0.1, 0.15) is 0 Å². The Morgan fingerprint density at radius 2 is 2.11 bits per heavy atom. The van der Waals surface area contributed by atoms with E-state index < -0.39 is 0 Å². The van der Waals surface area contributed by atoms with Crippen LogP contribution < -0.4 is 5.32 Å². The lowest BCUT2D eigenvalue weighted by Gasteiger charge is -2.09.